The van der Waals surface area contributed by atoms with E-state index in [1.807, 2.05) is 38.1 Å². The molecule has 0 radical (unpaired) electrons. The number of nitrogens with zero attached hydrogens (tertiary/aromatic N) is 1. The van der Waals surface area contributed by atoms with Crippen molar-refractivity contribution in [1.29, 1.82) is 0 Å². The lowest BCUT2D eigenvalue weighted by molar-refractivity contribution is -0.145. The van der Waals surface area contributed by atoms with Gasteiger partial charge < -0.3 is 52.8 Å². The number of carboxylic acid groups (broad SMARTS) is 1. The van der Waals surface area contributed by atoms with Gasteiger partial charge in [0.25, 0.3) is 0 Å². The minimum Gasteiger partial charge on any atom is -0.481 e. The molecule has 2 fully saturated rings. The van der Waals surface area contributed by atoms with Gasteiger partial charge in [0.2, 0.25) is 29.5 Å². The molecule has 73 heavy (non-hydrogen) atoms. The quantitative estimate of drug-likeness (QED) is 0.0449. The number of aromatic amines is 1. The van der Waals surface area contributed by atoms with Crippen LogP contribution in [-0.2, 0) is 59.2 Å². The van der Waals surface area contributed by atoms with Crippen LogP contribution in [0.2, 0.25) is 0 Å². The Balaban J connectivity index is 1.36. The summed E-state index contributed by atoms with van der Waals surface area (Å²) in [5.41, 5.74) is 12.4. The van der Waals surface area contributed by atoms with E-state index in [0.717, 1.165) is 10.9 Å². The Morgan fingerprint density at radius 3 is 2.22 bits per heavy atom. The molecule has 21 heteroatoms. The van der Waals surface area contributed by atoms with Gasteiger partial charge in [-0.25, -0.2) is 0 Å². The van der Waals surface area contributed by atoms with Crippen molar-refractivity contribution in [1.82, 2.24) is 31.2 Å². The fraction of sp³-hybridized carbons (Fsp3) is 0.635. The van der Waals surface area contributed by atoms with Crippen molar-refractivity contribution in [2.45, 2.75) is 160 Å². The number of carbonyl (C=O) groups is 11. The number of ketones is 5. The molecule has 0 unspecified atom stereocenters. The van der Waals surface area contributed by atoms with Crippen LogP contribution in [0.3, 0.4) is 0 Å². The predicted molar refractivity (Wildman–Crippen MR) is 268 cm³/mol. The van der Waals surface area contributed by atoms with Crippen LogP contribution < -0.4 is 32.7 Å². The molecule has 3 heterocycles. The number of rotatable bonds is 34. The first-order valence-corrected chi connectivity index (χ1v) is 25.6. The van der Waals surface area contributed by atoms with Gasteiger partial charge in [0.05, 0.1) is 42.7 Å². The maximum atomic E-state index is 14.0. The molecular weight excluding hydrogens is 945 g/mol. The lowest BCUT2D eigenvalue weighted by Crippen LogP contribution is -2.45. The van der Waals surface area contributed by atoms with Crippen molar-refractivity contribution in [3.8, 4) is 0 Å². The summed E-state index contributed by atoms with van der Waals surface area (Å²) in [4.78, 5) is 149. The van der Waals surface area contributed by atoms with E-state index in [1.165, 1.54) is 11.8 Å². The zero-order valence-electron chi connectivity index (χ0n) is 42.4. The third kappa shape index (κ3) is 19.3. The van der Waals surface area contributed by atoms with E-state index in [1.54, 1.807) is 6.20 Å². The highest BCUT2D eigenvalue weighted by molar-refractivity contribution is 5.97. The Morgan fingerprint density at radius 1 is 0.808 bits per heavy atom. The summed E-state index contributed by atoms with van der Waals surface area (Å²) in [6.45, 7) is 5.66. The molecule has 1 aromatic carbocycles. The molecule has 21 nitrogen and oxygen atoms in total. The van der Waals surface area contributed by atoms with E-state index in [-0.39, 0.29) is 94.7 Å². The number of nitrogens with one attached hydrogen (secondary N) is 5. The zero-order valence-corrected chi connectivity index (χ0v) is 42.4. The molecular formula is C52H76N8O13. The fourth-order valence-corrected chi connectivity index (χ4v) is 9.61. The number of aromatic nitrogens is 1. The Bertz CT molecular complexity index is 2300. The normalized spacial score (nSPS) is 18.6. The summed E-state index contributed by atoms with van der Waals surface area (Å²) < 4.78 is 0. The summed E-state index contributed by atoms with van der Waals surface area (Å²) in [7, 11) is 0. The fourth-order valence-electron chi connectivity index (χ4n) is 9.61. The van der Waals surface area contributed by atoms with Crippen LogP contribution >= 0.6 is 0 Å². The number of fused-ring (bicyclic) bond motifs is 1. The van der Waals surface area contributed by atoms with Crippen molar-refractivity contribution in [3.63, 3.8) is 0 Å². The summed E-state index contributed by atoms with van der Waals surface area (Å²) in [6.07, 6.45) is 1.77. The van der Waals surface area contributed by atoms with Gasteiger partial charge in [0.1, 0.15) is 5.78 Å². The molecule has 2 aliphatic heterocycles. The summed E-state index contributed by atoms with van der Waals surface area (Å²) in [5.74, 6) is -9.13. The molecule has 0 spiro atoms. The number of likely N-dealkylation sites (tertiary alicyclic amines) is 1. The summed E-state index contributed by atoms with van der Waals surface area (Å²) in [6, 6.07) is 3.69. The summed E-state index contributed by atoms with van der Waals surface area (Å²) in [5, 5.41) is 31.1. The number of Topliss-reactive ketones (excluding diaryl/α,β-unsaturated/α-hetero) is 5. The highest BCUT2D eigenvalue weighted by atomic mass is 16.4. The Labute approximate surface area is 425 Å². The second-order valence-corrected chi connectivity index (χ2v) is 20.1. The van der Waals surface area contributed by atoms with Gasteiger partial charge in [0, 0.05) is 93.4 Å². The first kappa shape index (κ1) is 59.4. The number of hydrogen-bond acceptors (Lipinski definition) is 14. The number of aliphatic hydroxyl groups is 1. The van der Waals surface area contributed by atoms with Crippen LogP contribution in [0, 0.1) is 23.7 Å². The number of nitrogens with two attached hydrogens (primary N) is 2. The number of hydrogen-bond donors (Lipinski definition) is 9. The molecule has 2 saturated heterocycles. The van der Waals surface area contributed by atoms with Gasteiger partial charge in [-0.05, 0) is 82.4 Å². The molecule has 0 saturated carbocycles. The lowest BCUT2D eigenvalue weighted by atomic mass is 9.89. The number of carboxylic acids is 1. The molecule has 1 aromatic heterocycles. The number of H-pyrrole nitrogens is 1. The molecule has 5 amide bonds. The molecule has 0 bridgehead atoms. The average Bonchev–Trinajstić information content (AvgIpc) is 4.12. The highest BCUT2D eigenvalue weighted by Gasteiger charge is 2.37. The maximum Gasteiger partial charge on any atom is 0.306 e. The Morgan fingerprint density at radius 2 is 1.55 bits per heavy atom. The van der Waals surface area contributed by atoms with Gasteiger partial charge in [-0.15, -0.1) is 0 Å². The highest BCUT2D eigenvalue weighted by Crippen LogP contribution is 2.26. The number of benzene rings is 1. The van der Waals surface area contributed by atoms with Gasteiger partial charge in [-0.3, -0.25) is 52.7 Å². The molecule has 0 aliphatic carbocycles. The number of carbonyl (C=O) groups excluding carboxylic acids is 10. The van der Waals surface area contributed by atoms with E-state index >= 15 is 0 Å². The van der Waals surface area contributed by atoms with Crippen molar-refractivity contribution in [3.05, 3.63) is 36.0 Å². The first-order chi connectivity index (χ1) is 34.7. The van der Waals surface area contributed by atoms with Crippen molar-refractivity contribution < 1.29 is 63.0 Å². The number of aliphatic hydroxyl groups excluding tert-OH is 1. The number of primary amides is 1. The van der Waals surface area contributed by atoms with Crippen molar-refractivity contribution >= 4 is 75.3 Å². The van der Waals surface area contributed by atoms with E-state index in [2.05, 4.69) is 26.3 Å². The van der Waals surface area contributed by atoms with Gasteiger partial charge in [0.15, 0.2) is 23.1 Å². The largest absolute Gasteiger partial charge is 0.481 e. The van der Waals surface area contributed by atoms with Crippen LogP contribution in [0.1, 0.15) is 129 Å². The van der Waals surface area contributed by atoms with Crippen LogP contribution in [0.4, 0.5) is 0 Å². The second kappa shape index (κ2) is 29.5. The average molecular weight is 1020 g/mol. The molecule has 402 valence electrons. The SMILES string of the molecule is CC(C)C[C@H](CC(=O)CNC(=O)[C@@H](CC(=O)[C@H](CCC(N)=O)NC(=O)CCC(=O)[C@@H]1C[C@@H](O)CN1)Cc1c[nH]c2ccccc12)C(=O)N[C@@H](C)C(=O)CCC(=O)N1CCC[C@H]1C(=O)C[C@@H](CCCCN)C(=O)O. The molecule has 4 rings (SSSR count). The van der Waals surface area contributed by atoms with Crippen LogP contribution in [0.25, 0.3) is 10.9 Å². The number of unbranched alkanes of at least 4 members (excludes halogenated alkanes) is 1. The van der Waals surface area contributed by atoms with Crippen LogP contribution in [0.5, 0.6) is 0 Å². The number of β-amino-alcohol motifs (C(OH)–C–C–N with tert-alkyl or cyclic N) is 1. The molecule has 11 N–H and O–H groups in total. The first-order valence-electron chi connectivity index (χ1n) is 25.6. The zero-order chi connectivity index (χ0) is 53.8. The third-order valence-corrected chi connectivity index (χ3v) is 13.7. The smallest absolute Gasteiger partial charge is 0.306 e. The topological polar surface area (TPSA) is 347 Å². The molecule has 2 aliphatic rings. The Hall–Kier alpha value is -6.19. The summed E-state index contributed by atoms with van der Waals surface area (Å²) >= 11 is 0. The van der Waals surface area contributed by atoms with Gasteiger partial charge in [-0.2, -0.15) is 0 Å². The van der Waals surface area contributed by atoms with Gasteiger partial charge >= 0.3 is 5.97 Å². The van der Waals surface area contributed by atoms with Crippen LogP contribution in [0.15, 0.2) is 30.5 Å². The lowest BCUT2D eigenvalue weighted by Gasteiger charge is -2.25. The predicted octanol–water partition coefficient (Wildman–Crippen LogP) is 1.48. The molecule has 2 aromatic rings. The Kier molecular flexibility index (Phi) is 24.0. The van der Waals surface area contributed by atoms with E-state index in [0.29, 0.717) is 50.8 Å². The number of amides is 5. The maximum absolute atomic E-state index is 14.0. The number of aliphatic carboxylic acids is 1. The molecule has 8 atom stereocenters. The van der Waals surface area contributed by atoms with Crippen molar-refractivity contribution in [2.75, 3.05) is 26.2 Å². The van der Waals surface area contributed by atoms with E-state index in [4.69, 9.17) is 11.5 Å². The second-order valence-electron chi connectivity index (χ2n) is 20.1. The minimum atomic E-state index is -1.23. The minimum absolute atomic E-state index is 0.0385. The van der Waals surface area contributed by atoms with Crippen molar-refractivity contribution in [2.24, 2.45) is 35.1 Å². The van der Waals surface area contributed by atoms with Gasteiger partial charge in [-0.1, -0.05) is 38.5 Å². The van der Waals surface area contributed by atoms with Crippen LogP contribution in [-0.4, -0.2) is 141 Å². The third-order valence-electron chi connectivity index (χ3n) is 13.7. The van der Waals surface area contributed by atoms with E-state index < -0.39 is 114 Å². The van der Waals surface area contributed by atoms with E-state index in [9.17, 15) is 63.0 Å². The monoisotopic (exact) mass is 1020 g/mol. The number of para-hydroxylation sites is 1. The standard InChI is InChI=1S/C52H76N8O13/c1-30(2)21-33(51(71)58-31(3)43(63)15-18-49(69)60-20-8-12-42(60)46(66)24-32(52(72)73)9-6-7-19-53)23-36(61)29-57-50(70)34(22-35-27-55-39-11-5-4-10-38(35)39)25-45(65)40(13-16-47(54)67)59-48(68)17-14-44(64)41-26-37(62)28-56-41/h4-5,10-11,27,30-34,37,40-42,55-56,62H,6-9,12-26,28-29,53H2,1-3H3,(H2,54,67)(H,57,70)(H,58,71)(H,59,68)(H,72,73)/t31-,32+,33+,34+,37+,40-,41-,42-/m0/s1.